The molecule has 12 N–H and O–H groups in total. The molecule has 0 aliphatic carbocycles. The molecule has 0 aromatic rings. The zero-order chi connectivity index (χ0) is 31.7. The van der Waals surface area contributed by atoms with Gasteiger partial charge < -0.3 is 44.2 Å². The fraction of sp³-hybridized carbons (Fsp3) is 1.00. The molecule has 0 rings (SSSR count). The number of unbranched alkanes of at least 4 members (excludes halogenated alkanes) is 3. The molecule has 0 amide bonds. The van der Waals surface area contributed by atoms with Crippen LogP contribution >= 0.6 is 0 Å². The first-order valence-electron chi connectivity index (χ1n) is 16.9. The molecule has 42 heavy (non-hydrogen) atoms. The molecular formula is C30H76N12. The highest BCUT2D eigenvalue weighted by Gasteiger charge is 2.10. The molecule has 0 aliphatic heterocycles. The SMILES string of the molecule is CCCCCC.CN(C)CCN(CCN)CCNCCN(CCN)CCN(CCN)CCNCCN(CCN)CCN. The number of hydrogen-bond donors (Lipinski definition) is 7. The van der Waals surface area contributed by atoms with E-state index in [4.69, 9.17) is 28.7 Å². The Balaban J connectivity index is 0. The fourth-order valence-electron chi connectivity index (χ4n) is 4.58. The highest BCUT2D eigenvalue weighted by Crippen LogP contribution is 1.95. The first kappa shape index (κ1) is 43.6. The van der Waals surface area contributed by atoms with Crippen LogP contribution in [0.3, 0.4) is 0 Å². The molecule has 0 unspecified atom stereocenters. The van der Waals surface area contributed by atoms with Gasteiger partial charge in [0.05, 0.1) is 0 Å². The zero-order valence-electron chi connectivity index (χ0n) is 28.5. The Bertz CT molecular complexity index is 491. The molecule has 0 heterocycles. The number of nitrogens with two attached hydrogens (primary N) is 5. The van der Waals surface area contributed by atoms with Crippen molar-refractivity contribution < 1.29 is 0 Å². The van der Waals surface area contributed by atoms with E-state index in [9.17, 15) is 0 Å². The van der Waals surface area contributed by atoms with Gasteiger partial charge in [-0.2, -0.15) is 0 Å². The topological polar surface area (TPSA) is 170 Å². The van der Waals surface area contributed by atoms with Crippen LogP contribution < -0.4 is 39.3 Å². The van der Waals surface area contributed by atoms with Crippen molar-refractivity contribution in [3.63, 3.8) is 0 Å². The van der Waals surface area contributed by atoms with Crippen molar-refractivity contribution in [3.8, 4) is 0 Å². The molecule has 0 bridgehead atoms. The molecular weight excluding hydrogens is 528 g/mol. The van der Waals surface area contributed by atoms with Gasteiger partial charge >= 0.3 is 0 Å². The summed E-state index contributed by atoms with van der Waals surface area (Å²) in [5, 5.41) is 7.15. The normalized spacial score (nSPS) is 11.9. The second-order valence-corrected chi connectivity index (χ2v) is 11.3. The Morgan fingerprint density at radius 3 is 0.881 bits per heavy atom. The molecule has 0 radical (unpaired) electrons. The van der Waals surface area contributed by atoms with Crippen LogP contribution in [0.2, 0.25) is 0 Å². The van der Waals surface area contributed by atoms with Crippen molar-refractivity contribution in [1.29, 1.82) is 0 Å². The largest absolute Gasteiger partial charge is 0.329 e. The molecule has 0 atom stereocenters. The zero-order valence-corrected chi connectivity index (χ0v) is 28.5. The summed E-state index contributed by atoms with van der Waals surface area (Å²) in [6, 6.07) is 0. The van der Waals surface area contributed by atoms with Gasteiger partial charge in [0.25, 0.3) is 0 Å². The standard InChI is InChI=1S/C24H62N12.C6H14/c1-32(2)21-22-34(14-5-27)18-9-31-11-20-36(16-7-29)24-23-35(15-6-28)19-10-30-8-17-33(12-3-25)13-4-26;1-3-5-6-4-2/h30-31H,3-29H2,1-2H3;3-6H2,1-2H3. The molecule has 0 aliphatic rings. The van der Waals surface area contributed by atoms with Crippen LogP contribution in [0.5, 0.6) is 0 Å². The van der Waals surface area contributed by atoms with E-state index in [1.165, 1.54) is 25.7 Å². The van der Waals surface area contributed by atoms with Gasteiger partial charge in [0.1, 0.15) is 0 Å². The van der Waals surface area contributed by atoms with Crippen molar-refractivity contribution in [2.45, 2.75) is 39.5 Å². The Labute approximate surface area is 261 Å². The summed E-state index contributed by atoms with van der Waals surface area (Å²) in [5.74, 6) is 0. The average molecular weight is 605 g/mol. The van der Waals surface area contributed by atoms with Gasteiger partial charge in [0, 0.05) is 144 Å². The Morgan fingerprint density at radius 2 is 0.643 bits per heavy atom. The van der Waals surface area contributed by atoms with Crippen molar-refractivity contribution in [1.82, 2.24) is 35.1 Å². The Morgan fingerprint density at radius 1 is 0.381 bits per heavy atom. The molecule has 12 heteroatoms. The van der Waals surface area contributed by atoms with Crippen LogP contribution in [0.15, 0.2) is 0 Å². The molecule has 12 nitrogen and oxygen atoms in total. The van der Waals surface area contributed by atoms with E-state index >= 15 is 0 Å². The van der Waals surface area contributed by atoms with Crippen LogP contribution in [-0.2, 0) is 0 Å². The quantitative estimate of drug-likeness (QED) is 0.0449. The molecule has 0 saturated carbocycles. The summed E-state index contributed by atoms with van der Waals surface area (Å²) in [5.41, 5.74) is 28.9. The Hall–Kier alpha value is -0.480. The summed E-state index contributed by atoms with van der Waals surface area (Å²) < 4.78 is 0. The third kappa shape index (κ3) is 31.0. The van der Waals surface area contributed by atoms with E-state index in [-0.39, 0.29) is 0 Å². The number of nitrogens with zero attached hydrogens (tertiary/aromatic N) is 5. The van der Waals surface area contributed by atoms with E-state index in [1.54, 1.807) is 0 Å². The van der Waals surface area contributed by atoms with Crippen LogP contribution in [-0.4, -0.2) is 183 Å². The van der Waals surface area contributed by atoms with Gasteiger partial charge in [0.15, 0.2) is 0 Å². The van der Waals surface area contributed by atoms with Crippen LogP contribution in [0.4, 0.5) is 0 Å². The maximum Gasteiger partial charge on any atom is 0.0110 e. The summed E-state index contributed by atoms with van der Waals surface area (Å²) in [6.07, 6.45) is 5.54. The minimum Gasteiger partial charge on any atom is -0.329 e. The number of rotatable bonds is 31. The molecule has 0 saturated heterocycles. The summed E-state index contributed by atoms with van der Waals surface area (Å²) in [6.45, 7) is 24.3. The summed E-state index contributed by atoms with van der Waals surface area (Å²) >= 11 is 0. The van der Waals surface area contributed by atoms with Gasteiger partial charge in [-0.05, 0) is 14.1 Å². The van der Waals surface area contributed by atoms with Gasteiger partial charge in [0.2, 0.25) is 0 Å². The molecule has 0 aromatic heterocycles. The number of hydrogen-bond acceptors (Lipinski definition) is 12. The maximum absolute atomic E-state index is 5.89. The second-order valence-electron chi connectivity index (χ2n) is 11.3. The highest BCUT2D eigenvalue weighted by molar-refractivity contribution is 4.69. The highest BCUT2D eigenvalue weighted by atomic mass is 15.2. The van der Waals surface area contributed by atoms with Crippen LogP contribution in [0, 0.1) is 0 Å². The fourth-order valence-corrected chi connectivity index (χ4v) is 4.58. The predicted molar refractivity (Wildman–Crippen MR) is 185 cm³/mol. The minimum atomic E-state index is 0.669. The van der Waals surface area contributed by atoms with Crippen LogP contribution in [0.1, 0.15) is 39.5 Å². The number of likely N-dealkylation sites (N-methyl/N-ethyl adjacent to an activating group) is 1. The lowest BCUT2D eigenvalue weighted by atomic mass is 10.2. The first-order chi connectivity index (χ1) is 20.4. The van der Waals surface area contributed by atoms with Gasteiger partial charge in [-0.15, -0.1) is 0 Å². The molecule has 0 fully saturated rings. The molecule has 0 aromatic carbocycles. The van der Waals surface area contributed by atoms with E-state index in [0.29, 0.717) is 32.7 Å². The maximum atomic E-state index is 5.89. The van der Waals surface area contributed by atoms with E-state index < -0.39 is 0 Å². The molecule has 256 valence electrons. The second kappa shape index (κ2) is 35.0. The van der Waals surface area contributed by atoms with E-state index in [2.05, 4.69) is 63.1 Å². The first-order valence-corrected chi connectivity index (χ1v) is 16.9. The third-order valence-corrected chi connectivity index (χ3v) is 7.20. The van der Waals surface area contributed by atoms with Gasteiger partial charge in [-0.1, -0.05) is 39.5 Å². The van der Waals surface area contributed by atoms with Crippen molar-refractivity contribution in [2.24, 2.45) is 28.7 Å². The predicted octanol–water partition coefficient (Wildman–Crippen LogP) is -1.68. The summed E-state index contributed by atoms with van der Waals surface area (Å²) in [7, 11) is 4.22. The lowest BCUT2D eigenvalue weighted by molar-refractivity contribution is 0.206. The average Bonchev–Trinajstić information content (AvgIpc) is 2.97. The van der Waals surface area contributed by atoms with Crippen molar-refractivity contribution in [3.05, 3.63) is 0 Å². The minimum absolute atomic E-state index is 0.669. The van der Waals surface area contributed by atoms with Gasteiger partial charge in [-0.25, -0.2) is 0 Å². The Kier molecular flexibility index (Phi) is 36.4. The monoisotopic (exact) mass is 605 g/mol. The molecule has 0 spiro atoms. The smallest absolute Gasteiger partial charge is 0.0110 e. The number of nitrogens with one attached hydrogen (secondary N) is 2. The lowest BCUT2D eigenvalue weighted by Crippen LogP contribution is -2.45. The lowest BCUT2D eigenvalue weighted by Gasteiger charge is -2.28. The van der Waals surface area contributed by atoms with Crippen molar-refractivity contribution in [2.75, 3.05) is 158 Å². The van der Waals surface area contributed by atoms with Gasteiger partial charge in [-0.3, -0.25) is 19.6 Å². The van der Waals surface area contributed by atoms with Crippen LogP contribution in [0.25, 0.3) is 0 Å². The van der Waals surface area contributed by atoms with Crippen molar-refractivity contribution >= 4 is 0 Å². The van der Waals surface area contributed by atoms with E-state index in [0.717, 1.165) is 111 Å². The third-order valence-electron chi connectivity index (χ3n) is 7.20. The van der Waals surface area contributed by atoms with E-state index in [1.807, 2.05) is 0 Å². The summed E-state index contributed by atoms with van der Waals surface area (Å²) in [4.78, 5) is 11.8.